The molecule has 122 valence electrons. The van der Waals surface area contributed by atoms with Gasteiger partial charge in [-0.25, -0.2) is 8.78 Å². The zero-order valence-corrected chi connectivity index (χ0v) is 13.3. The van der Waals surface area contributed by atoms with Gasteiger partial charge in [0, 0.05) is 11.5 Å². The highest BCUT2D eigenvalue weighted by molar-refractivity contribution is 5.85. The smallest absolute Gasteiger partial charge is 0.224 e. The lowest BCUT2D eigenvalue weighted by atomic mass is 9.91. The van der Waals surface area contributed by atoms with Crippen LogP contribution in [0.5, 0.6) is 0 Å². The van der Waals surface area contributed by atoms with Crippen LogP contribution in [0.1, 0.15) is 37.8 Å². The summed E-state index contributed by atoms with van der Waals surface area (Å²) in [4.78, 5) is 12.3. The molecule has 1 aromatic carbocycles. The van der Waals surface area contributed by atoms with Crippen molar-refractivity contribution in [3.8, 4) is 0 Å². The molecule has 2 unspecified atom stereocenters. The van der Waals surface area contributed by atoms with E-state index in [9.17, 15) is 13.6 Å². The molecule has 2 fully saturated rings. The number of halogens is 3. The van der Waals surface area contributed by atoms with Gasteiger partial charge in [0.2, 0.25) is 5.91 Å². The van der Waals surface area contributed by atoms with Crippen LogP contribution < -0.4 is 10.6 Å². The predicted molar refractivity (Wildman–Crippen MR) is 82.8 cm³/mol. The minimum absolute atomic E-state index is 0. The fourth-order valence-electron chi connectivity index (χ4n) is 3.51. The Bertz CT molecular complexity index is 541. The van der Waals surface area contributed by atoms with Crippen LogP contribution >= 0.6 is 12.4 Å². The summed E-state index contributed by atoms with van der Waals surface area (Å²) in [6.07, 6.45) is 2.91. The molecular formula is C16H21ClF2N2O. The van der Waals surface area contributed by atoms with Crippen molar-refractivity contribution < 1.29 is 13.6 Å². The van der Waals surface area contributed by atoms with Gasteiger partial charge in [-0.2, -0.15) is 0 Å². The van der Waals surface area contributed by atoms with Gasteiger partial charge in [-0.3, -0.25) is 4.79 Å². The summed E-state index contributed by atoms with van der Waals surface area (Å²) in [5.74, 6) is -1.31. The van der Waals surface area contributed by atoms with Crippen molar-refractivity contribution in [2.75, 3.05) is 13.1 Å². The van der Waals surface area contributed by atoms with Crippen molar-refractivity contribution in [2.45, 2.75) is 32.2 Å². The van der Waals surface area contributed by atoms with Crippen LogP contribution in [0.25, 0.3) is 0 Å². The number of carbonyl (C=O) groups excluding carboxylic acids is 1. The Kier molecular flexibility index (Phi) is 5.07. The molecule has 1 aliphatic carbocycles. The first-order valence-electron chi connectivity index (χ1n) is 7.48. The molecular weight excluding hydrogens is 310 g/mol. The van der Waals surface area contributed by atoms with E-state index in [4.69, 9.17) is 0 Å². The molecule has 2 aliphatic rings. The average molecular weight is 331 g/mol. The summed E-state index contributed by atoms with van der Waals surface area (Å²) in [7, 11) is 0. The largest absolute Gasteiger partial charge is 0.349 e. The second-order valence-electron chi connectivity index (χ2n) is 6.23. The Balaban J connectivity index is 0.00000176. The lowest BCUT2D eigenvalue weighted by Crippen LogP contribution is -2.35. The number of benzene rings is 1. The number of nitrogens with one attached hydrogen (secondary N) is 2. The number of rotatable bonds is 3. The number of amides is 1. The van der Waals surface area contributed by atoms with E-state index in [1.54, 1.807) is 6.92 Å². The topological polar surface area (TPSA) is 41.1 Å². The summed E-state index contributed by atoms with van der Waals surface area (Å²) in [5.41, 5.74) is 0.0638. The van der Waals surface area contributed by atoms with Gasteiger partial charge in [0.25, 0.3) is 0 Å². The first-order valence-corrected chi connectivity index (χ1v) is 7.48. The molecule has 0 radical (unpaired) electrons. The third-order valence-corrected chi connectivity index (χ3v) is 4.90. The number of carbonyl (C=O) groups is 1. The van der Waals surface area contributed by atoms with Gasteiger partial charge < -0.3 is 10.6 Å². The molecule has 3 rings (SSSR count). The third-order valence-electron chi connectivity index (χ3n) is 4.90. The SMILES string of the molecule is CC(NC(=O)C1CC12CCNCC2)c1c(F)cccc1F.Cl. The highest BCUT2D eigenvalue weighted by Crippen LogP contribution is 2.58. The maximum Gasteiger partial charge on any atom is 0.224 e. The van der Waals surface area contributed by atoms with Crippen molar-refractivity contribution >= 4 is 18.3 Å². The Morgan fingerprint density at radius 2 is 1.91 bits per heavy atom. The van der Waals surface area contributed by atoms with Crippen molar-refractivity contribution in [2.24, 2.45) is 11.3 Å². The monoisotopic (exact) mass is 330 g/mol. The maximum atomic E-state index is 13.7. The Morgan fingerprint density at radius 1 is 1.32 bits per heavy atom. The average Bonchev–Trinajstić information content (AvgIpc) is 3.13. The van der Waals surface area contributed by atoms with E-state index in [1.807, 2.05) is 0 Å². The summed E-state index contributed by atoms with van der Waals surface area (Å²) in [6.45, 7) is 3.51. The van der Waals surface area contributed by atoms with Crippen LogP contribution in [-0.4, -0.2) is 19.0 Å². The zero-order valence-electron chi connectivity index (χ0n) is 12.5. The second-order valence-corrected chi connectivity index (χ2v) is 6.23. The molecule has 1 saturated carbocycles. The first-order chi connectivity index (χ1) is 10.0. The lowest BCUT2D eigenvalue weighted by molar-refractivity contribution is -0.124. The van der Waals surface area contributed by atoms with E-state index in [1.165, 1.54) is 18.2 Å². The predicted octanol–water partition coefficient (Wildman–Crippen LogP) is 2.95. The van der Waals surface area contributed by atoms with Crippen LogP contribution in [-0.2, 0) is 4.79 Å². The molecule has 1 aliphatic heterocycles. The number of hydrogen-bond donors (Lipinski definition) is 2. The Morgan fingerprint density at radius 3 is 2.50 bits per heavy atom. The van der Waals surface area contributed by atoms with Crippen LogP contribution in [0.15, 0.2) is 18.2 Å². The van der Waals surface area contributed by atoms with Crippen LogP contribution in [0.3, 0.4) is 0 Å². The summed E-state index contributed by atoms with van der Waals surface area (Å²) in [5, 5.41) is 6.06. The minimum atomic E-state index is -0.655. The molecule has 2 atom stereocenters. The van der Waals surface area contributed by atoms with Crippen molar-refractivity contribution in [1.82, 2.24) is 10.6 Å². The molecule has 3 nitrogen and oxygen atoms in total. The number of piperidine rings is 1. The molecule has 1 spiro atoms. The Hall–Kier alpha value is -1.20. The third kappa shape index (κ3) is 3.10. The lowest BCUT2D eigenvalue weighted by Gasteiger charge is -2.24. The zero-order chi connectivity index (χ0) is 15.0. The summed E-state index contributed by atoms with van der Waals surface area (Å²) in [6, 6.07) is 3.10. The van der Waals surface area contributed by atoms with Crippen LogP contribution in [0.4, 0.5) is 8.78 Å². The van der Waals surface area contributed by atoms with E-state index >= 15 is 0 Å². The van der Waals surface area contributed by atoms with Gasteiger partial charge in [0.15, 0.2) is 0 Å². The van der Waals surface area contributed by atoms with E-state index < -0.39 is 17.7 Å². The van der Waals surface area contributed by atoms with E-state index in [0.717, 1.165) is 32.4 Å². The molecule has 2 N–H and O–H groups in total. The van der Waals surface area contributed by atoms with Gasteiger partial charge in [-0.15, -0.1) is 12.4 Å². The normalized spacial score (nSPS) is 23.5. The fraction of sp³-hybridized carbons (Fsp3) is 0.562. The van der Waals surface area contributed by atoms with Crippen molar-refractivity contribution in [1.29, 1.82) is 0 Å². The van der Waals surface area contributed by atoms with E-state index in [2.05, 4.69) is 10.6 Å². The van der Waals surface area contributed by atoms with Gasteiger partial charge in [-0.05, 0) is 56.8 Å². The molecule has 6 heteroatoms. The quantitative estimate of drug-likeness (QED) is 0.894. The maximum absolute atomic E-state index is 13.7. The van der Waals surface area contributed by atoms with Crippen LogP contribution in [0.2, 0.25) is 0 Å². The molecule has 1 heterocycles. The highest BCUT2D eigenvalue weighted by Gasteiger charge is 2.57. The molecule has 1 saturated heterocycles. The van der Waals surface area contributed by atoms with Gasteiger partial charge >= 0.3 is 0 Å². The second kappa shape index (κ2) is 6.50. The molecule has 0 aromatic heterocycles. The van der Waals surface area contributed by atoms with Crippen molar-refractivity contribution in [3.63, 3.8) is 0 Å². The van der Waals surface area contributed by atoms with Crippen LogP contribution in [0, 0.1) is 23.0 Å². The summed E-state index contributed by atoms with van der Waals surface area (Å²) >= 11 is 0. The van der Waals surface area contributed by atoms with Gasteiger partial charge in [0.1, 0.15) is 11.6 Å². The molecule has 1 amide bonds. The summed E-state index contributed by atoms with van der Waals surface area (Å²) < 4.78 is 27.4. The Labute approximate surface area is 135 Å². The van der Waals surface area contributed by atoms with Gasteiger partial charge in [0.05, 0.1) is 6.04 Å². The number of hydrogen-bond acceptors (Lipinski definition) is 2. The first kappa shape index (κ1) is 17.2. The van der Waals surface area contributed by atoms with Crippen molar-refractivity contribution in [3.05, 3.63) is 35.4 Å². The molecule has 22 heavy (non-hydrogen) atoms. The van der Waals surface area contributed by atoms with E-state index in [-0.39, 0.29) is 35.2 Å². The van der Waals surface area contributed by atoms with Gasteiger partial charge in [-0.1, -0.05) is 6.07 Å². The fourth-order valence-corrected chi connectivity index (χ4v) is 3.51. The standard InChI is InChI=1S/C16H20F2N2O.ClH/c1-10(14-12(17)3-2-4-13(14)18)20-15(21)11-9-16(11)5-7-19-8-6-16;/h2-4,10-11,19H,5-9H2,1H3,(H,20,21);1H. The molecule has 1 aromatic rings. The molecule has 0 bridgehead atoms. The minimum Gasteiger partial charge on any atom is -0.349 e. The highest BCUT2D eigenvalue weighted by atomic mass is 35.5. The van der Waals surface area contributed by atoms with E-state index in [0.29, 0.717) is 0 Å².